The maximum Gasteiger partial charge on any atom is 0.166 e. The van der Waals surface area contributed by atoms with Crippen molar-refractivity contribution in [2.45, 2.75) is 6.92 Å². The molecule has 8 heteroatoms. The van der Waals surface area contributed by atoms with Crippen molar-refractivity contribution >= 4 is 11.5 Å². The first-order chi connectivity index (χ1) is 15.2. The van der Waals surface area contributed by atoms with Crippen molar-refractivity contribution in [3.63, 3.8) is 0 Å². The normalized spacial score (nSPS) is 15.1. The summed E-state index contributed by atoms with van der Waals surface area (Å²) in [6.07, 6.45) is 3.74. The van der Waals surface area contributed by atoms with Crippen molar-refractivity contribution in [3.05, 3.63) is 54.5 Å². The van der Waals surface area contributed by atoms with Crippen LogP contribution in [0, 0.1) is 6.92 Å². The molecule has 5 rings (SSSR count). The summed E-state index contributed by atoms with van der Waals surface area (Å²) in [5.74, 6) is 1.86. The molecule has 1 aliphatic heterocycles. The molecule has 160 valence electrons. The highest BCUT2D eigenvalue weighted by Crippen LogP contribution is 2.32. The van der Waals surface area contributed by atoms with E-state index in [1.165, 1.54) is 0 Å². The summed E-state index contributed by atoms with van der Waals surface area (Å²) >= 11 is 0. The predicted octanol–water partition coefficient (Wildman–Crippen LogP) is 2.22. The second-order valence-electron chi connectivity index (χ2n) is 7.98. The highest BCUT2D eigenvalue weighted by Gasteiger charge is 2.24. The number of nitrogens with zero attached hydrogens (tertiary/aromatic N) is 7. The zero-order chi connectivity index (χ0) is 21.4. The van der Waals surface area contributed by atoms with Gasteiger partial charge in [0.25, 0.3) is 0 Å². The first-order valence-electron chi connectivity index (χ1n) is 10.7. The van der Waals surface area contributed by atoms with E-state index >= 15 is 0 Å². The molecule has 4 aromatic rings. The number of rotatable bonds is 5. The monoisotopic (exact) mass is 417 g/mol. The van der Waals surface area contributed by atoms with Crippen LogP contribution in [-0.4, -0.2) is 73.5 Å². The fraction of sp³-hybridized carbons (Fsp3) is 0.348. The van der Waals surface area contributed by atoms with E-state index in [9.17, 15) is 5.11 Å². The number of aliphatic hydroxyl groups is 1. The van der Waals surface area contributed by atoms with E-state index < -0.39 is 0 Å². The molecule has 1 saturated heterocycles. The van der Waals surface area contributed by atoms with Gasteiger partial charge in [-0.15, -0.1) is 0 Å². The minimum atomic E-state index is 0.196. The minimum Gasteiger partial charge on any atom is -0.395 e. The summed E-state index contributed by atoms with van der Waals surface area (Å²) < 4.78 is 3.97. The number of β-amino-alcohol motifs (C(OH)–C–C–N with tert-alkyl or cyclic N) is 1. The molecule has 0 unspecified atom stereocenters. The summed E-state index contributed by atoms with van der Waals surface area (Å²) in [5.41, 5.74) is 4.80. The average Bonchev–Trinajstić information content (AvgIpc) is 3.36. The summed E-state index contributed by atoms with van der Waals surface area (Å²) in [4.78, 5) is 14.2. The fourth-order valence-electron chi connectivity index (χ4n) is 4.34. The van der Waals surface area contributed by atoms with Gasteiger partial charge in [-0.2, -0.15) is 9.61 Å². The van der Waals surface area contributed by atoms with E-state index in [0.717, 1.165) is 72.5 Å². The Kier molecular flexibility index (Phi) is 5.17. The van der Waals surface area contributed by atoms with Crippen LogP contribution in [0.2, 0.25) is 0 Å². The Morgan fingerprint density at radius 3 is 2.52 bits per heavy atom. The van der Waals surface area contributed by atoms with E-state index in [4.69, 9.17) is 10.1 Å². The van der Waals surface area contributed by atoms with Crippen LogP contribution in [-0.2, 0) is 7.05 Å². The molecule has 0 amide bonds. The summed E-state index contributed by atoms with van der Waals surface area (Å²) in [5, 5.41) is 14.2. The molecule has 8 nitrogen and oxygen atoms in total. The second kappa shape index (κ2) is 8.13. The molecule has 0 spiro atoms. The van der Waals surface area contributed by atoms with Crippen molar-refractivity contribution in [1.29, 1.82) is 0 Å². The van der Waals surface area contributed by atoms with Crippen molar-refractivity contribution in [2.24, 2.45) is 7.05 Å². The maximum atomic E-state index is 9.27. The molecule has 31 heavy (non-hydrogen) atoms. The number of aliphatic hydroxyl groups excluding tert-OH is 1. The lowest BCUT2D eigenvalue weighted by Crippen LogP contribution is -2.47. The Labute approximate surface area is 181 Å². The van der Waals surface area contributed by atoms with E-state index in [-0.39, 0.29) is 6.61 Å². The van der Waals surface area contributed by atoms with Gasteiger partial charge in [0.15, 0.2) is 11.5 Å². The lowest BCUT2D eigenvalue weighted by atomic mass is 10.1. The van der Waals surface area contributed by atoms with Gasteiger partial charge in [-0.3, -0.25) is 4.90 Å². The van der Waals surface area contributed by atoms with Crippen LogP contribution in [0.1, 0.15) is 5.69 Å². The van der Waals surface area contributed by atoms with Crippen LogP contribution in [0.4, 0.5) is 5.82 Å². The summed E-state index contributed by atoms with van der Waals surface area (Å²) in [7, 11) is 1.99. The molecule has 1 N–H and O–H groups in total. The Balaban J connectivity index is 1.67. The zero-order valence-electron chi connectivity index (χ0n) is 17.9. The Bertz CT molecular complexity index is 1190. The SMILES string of the molecule is Cc1nn2c(N3CCN(CCO)CC3)cc(-c3nccn3C)nc2c1-c1ccccc1. The van der Waals surface area contributed by atoms with Gasteiger partial charge in [-0.1, -0.05) is 30.3 Å². The largest absolute Gasteiger partial charge is 0.395 e. The first kappa shape index (κ1) is 19.7. The van der Waals surface area contributed by atoms with E-state index in [1.807, 2.05) is 47.4 Å². The highest BCUT2D eigenvalue weighted by atomic mass is 16.3. The molecular formula is C23H27N7O. The quantitative estimate of drug-likeness (QED) is 0.537. The van der Waals surface area contributed by atoms with Crippen LogP contribution in [0.25, 0.3) is 28.3 Å². The molecule has 0 aliphatic carbocycles. The van der Waals surface area contributed by atoms with Gasteiger partial charge in [-0.25, -0.2) is 9.97 Å². The number of fused-ring (bicyclic) bond motifs is 1. The number of anilines is 1. The molecule has 1 aliphatic rings. The molecule has 0 atom stereocenters. The summed E-state index contributed by atoms with van der Waals surface area (Å²) in [6.45, 7) is 6.53. The van der Waals surface area contributed by atoms with Crippen LogP contribution < -0.4 is 4.90 Å². The number of hydrogen-bond acceptors (Lipinski definition) is 6. The molecule has 1 fully saturated rings. The van der Waals surface area contributed by atoms with Crippen molar-refractivity contribution in [3.8, 4) is 22.6 Å². The second-order valence-corrected chi connectivity index (χ2v) is 7.98. The highest BCUT2D eigenvalue weighted by molar-refractivity contribution is 5.82. The summed E-state index contributed by atoms with van der Waals surface area (Å²) in [6, 6.07) is 12.4. The average molecular weight is 418 g/mol. The Morgan fingerprint density at radius 2 is 1.84 bits per heavy atom. The predicted molar refractivity (Wildman–Crippen MR) is 121 cm³/mol. The molecule has 0 bridgehead atoms. The third-order valence-electron chi connectivity index (χ3n) is 5.97. The molecular weight excluding hydrogens is 390 g/mol. The van der Waals surface area contributed by atoms with Crippen molar-refractivity contribution in [1.82, 2.24) is 29.0 Å². The Morgan fingerprint density at radius 1 is 1.06 bits per heavy atom. The topological polar surface area (TPSA) is 74.7 Å². The fourth-order valence-corrected chi connectivity index (χ4v) is 4.34. The van der Waals surface area contributed by atoms with Gasteiger partial charge < -0.3 is 14.6 Å². The van der Waals surface area contributed by atoms with Gasteiger partial charge in [0, 0.05) is 63.8 Å². The lowest BCUT2D eigenvalue weighted by Gasteiger charge is -2.35. The van der Waals surface area contributed by atoms with E-state index in [1.54, 1.807) is 6.20 Å². The molecule has 1 aromatic carbocycles. The van der Waals surface area contributed by atoms with Crippen LogP contribution >= 0.6 is 0 Å². The molecule has 0 radical (unpaired) electrons. The van der Waals surface area contributed by atoms with Gasteiger partial charge >= 0.3 is 0 Å². The number of benzene rings is 1. The lowest BCUT2D eigenvalue weighted by molar-refractivity contribution is 0.188. The van der Waals surface area contributed by atoms with Gasteiger partial charge in [0.1, 0.15) is 11.5 Å². The zero-order valence-corrected chi connectivity index (χ0v) is 17.9. The molecule has 4 heterocycles. The van der Waals surface area contributed by atoms with Crippen molar-refractivity contribution in [2.75, 3.05) is 44.2 Å². The number of piperazine rings is 1. The molecule has 3 aromatic heterocycles. The number of imidazole rings is 1. The van der Waals surface area contributed by atoms with Crippen LogP contribution in [0.15, 0.2) is 48.8 Å². The van der Waals surface area contributed by atoms with E-state index in [0.29, 0.717) is 0 Å². The van der Waals surface area contributed by atoms with Crippen LogP contribution in [0.5, 0.6) is 0 Å². The number of aromatic nitrogens is 5. The van der Waals surface area contributed by atoms with E-state index in [2.05, 4.69) is 33.0 Å². The van der Waals surface area contributed by atoms with Crippen molar-refractivity contribution < 1.29 is 5.11 Å². The van der Waals surface area contributed by atoms with Gasteiger partial charge in [0.05, 0.1) is 12.3 Å². The standard InChI is InChI=1S/C23H27N7O/c1-17-21(18-6-4-3-5-7-18)23-25-19(22-24-8-9-27(22)2)16-20(30(23)26-17)29-12-10-28(11-13-29)14-15-31/h3-9,16,31H,10-15H2,1-2H3. The smallest absolute Gasteiger partial charge is 0.166 e. The first-order valence-corrected chi connectivity index (χ1v) is 10.7. The third-order valence-corrected chi connectivity index (χ3v) is 5.97. The van der Waals surface area contributed by atoms with Gasteiger partial charge in [-0.05, 0) is 12.5 Å². The Hall–Kier alpha value is -3.23. The number of aryl methyl sites for hydroxylation is 2. The third kappa shape index (κ3) is 3.58. The number of hydrogen-bond donors (Lipinski definition) is 1. The minimum absolute atomic E-state index is 0.196. The van der Waals surface area contributed by atoms with Crippen LogP contribution in [0.3, 0.4) is 0 Å². The molecule has 0 saturated carbocycles. The van der Waals surface area contributed by atoms with Gasteiger partial charge in [0.2, 0.25) is 0 Å². The maximum absolute atomic E-state index is 9.27.